The first-order valence-corrected chi connectivity index (χ1v) is 18.5. The van der Waals surface area contributed by atoms with Crippen molar-refractivity contribution >= 4 is 75.4 Å². The van der Waals surface area contributed by atoms with Gasteiger partial charge in [0.1, 0.15) is 35.5 Å². The average Bonchev–Trinajstić information content (AvgIpc) is 3.75. The number of aliphatic carboxylic acids is 2. The zero-order chi connectivity index (χ0) is 40.5. The number of fused-ring (bicyclic) bond motifs is 1. The number of phenolic OH excluding ortho intramolecular Hbond substituents is 2. The number of nitrogen functional groups attached to an aromatic ring is 1. The van der Waals surface area contributed by atoms with E-state index in [9.17, 15) is 44.4 Å². The second-order valence-corrected chi connectivity index (χ2v) is 15.1. The monoisotopic (exact) mass is 803 g/mol. The molecule has 290 valence electrons. The van der Waals surface area contributed by atoms with Crippen molar-refractivity contribution < 1.29 is 53.8 Å². The van der Waals surface area contributed by atoms with Crippen molar-refractivity contribution in [1.29, 1.82) is 0 Å². The number of thioether (sulfide) groups is 1. The van der Waals surface area contributed by atoms with Gasteiger partial charge in [-0.25, -0.2) is 23.7 Å². The van der Waals surface area contributed by atoms with Crippen LogP contribution in [0.5, 0.6) is 11.5 Å². The third kappa shape index (κ3) is 8.20. The van der Waals surface area contributed by atoms with Crippen molar-refractivity contribution in [2.75, 3.05) is 16.8 Å². The number of nitrogens with one attached hydrogen (secondary N) is 2. The number of β-lactam (4-membered cyclic amide) rings is 1. The summed E-state index contributed by atoms with van der Waals surface area (Å²) in [5, 5.41) is 48.5. The van der Waals surface area contributed by atoms with E-state index >= 15 is 0 Å². The molecule has 4 aromatic rings. The first-order valence-electron chi connectivity index (χ1n) is 16.6. The number of oxime groups is 1. The lowest BCUT2D eigenvalue weighted by molar-refractivity contribution is -0.687. The van der Waals surface area contributed by atoms with Crippen LogP contribution in [0, 0.1) is 0 Å². The molecule has 0 aliphatic carbocycles. The van der Waals surface area contributed by atoms with Gasteiger partial charge in [-0.3, -0.25) is 19.3 Å². The van der Waals surface area contributed by atoms with Crippen LogP contribution in [0.15, 0.2) is 82.9 Å². The lowest BCUT2D eigenvalue weighted by Crippen LogP contribution is -2.71. The molecule has 2 aromatic carbocycles. The molecule has 0 radical (unpaired) electrons. The lowest BCUT2D eigenvalue weighted by Gasteiger charge is -2.49. The van der Waals surface area contributed by atoms with Crippen LogP contribution in [0.4, 0.5) is 10.8 Å². The highest BCUT2D eigenvalue weighted by Crippen LogP contribution is 2.41. The van der Waals surface area contributed by atoms with Gasteiger partial charge in [0, 0.05) is 22.9 Å². The van der Waals surface area contributed by atoms with Gasteiger partial charge in [-0.15, -0.1) is 23.1 Å². The zero-order valence-corrected chi connectivity index (χ0v) is 31.5. The van der Waals surface area contributed by atoms with Gasteiger partial charge < -0.3 is 41.6 Å². The van der Waals surface area contributed by atoms with Gasteiger partial charge in [0.05, 0.1) is 7.05 Å². The Kier molecular flexibility index (Phi) is 10.9. The number of allylic oxidation sites excluding steroid dienone is 1. The third-order valence-corrected chi connectivity index (χ3v) is 10.6. The number of thiazole rings is 1. The number of aryl methyl sites for hydroxylation is 1. The smallest absolute Gasteiger partial charge is 0.352 e. The quantitative estimate of drug-likeness (QED) is 0.0255. The summed E-state index contributed by atoms with van der Waals surface area (Å²) >= 11 is 2.27. The van der Waals surface area contributed by atoms with Gasteiger partial charge in [-0.05, 0) is 42.7 Å². The summed E-state index contributed by atoms with van der Waals surface area (Å²) in [7, 11) is 1.72. The molecule has 1 saturated heterocycles. The van der Waals surface area contributed by atoms with Crippen LogP contribution in [0.25, 0.3) is 6.08 Å². The predicted octanol–water partition coefficient (Wildman–Crippen LogP) is 2.10. The summed E-state index contributed by atoms with van der Waals surface area (Å²) in [6.45, 7) is 2.91. The summed E-state index contributed by atoms with van der Waals surface area (Å²) in [4.78, 5) is 73.8. The molecule has 1 fully saturated rings. The number of carbonyl (C=O) groups is 5. The van der Waals surface area contributed by atoms with Crippen LogP contribution in [0.1, 0.15) is 41.2 Å². The predicted molar refractivity (Wildman–Crippen MR) is 203 cm³/mol. The van der Waals surface area contributed by atoms with E-state index in [1.807, 2.05) is 28.8 Å². The number of hydrogen-bond acceptors (Lipinski definition) is 13. The molecule has 2 aliphatic rings. The number of phenols is 2. The minimum absolute atomic E-state index is 0.000935. The van der Waals surface area contributed by atoms with Crippen molar-refractivity contribution in [3.63, 3.8) is 0 Å². The lowest BCUT2D eigenvalue weighted by atomic mass is 10.0. The minimum atomic E-state index is -1.79. The molecule has 6 rings (SSSR count). The fraction of sp³-hybridized carbons (Fsp3) is 0.222. The number of benzene rings is 2. The summed E-state index contributed by atoms with van der Waals surface area (Å²) in [6.07, 6.45) is 6.78. The van der Waals surface area contributed by atoms with E-state index in [2.05, 4.69) is 20.8 Å². The highest BCUT2D eigenvalue weighted by molar-refractivity contribution is 8.00. The van der Waals surface area contributed by atoms with Crippen molar-refractivity contribution in [3.8, 4) is 11.5 Å². The number of anilines is 2. The Bertz CT molecular complexity index is 2350. The Balaban J connectivity index is 1.11. The molecule has 2 aliphatic heterocycles. The maximum absolute atomic E-state index is 13.4. The molecule has 0 bridgehead atoms. The second-order valence-electron chi connectivity index (χ2n) is 13.1. The van der Waals surface area contributed by atoms with E-state index in [0.29, 0.717) is 23.5 Å². The van der Waals surface area contributed by atoms with Crippen molar-refractivity contribution in [2.45, 2.75) is 37.4 Å². The molecule has 0 spiro atoms. The van der Waals surface area contributed by atoms with E-state index in [1.54, 1.807) is 36.3 Å². The van der Waals surface area contributed by atoms with E-state index in [-0.39, 0.29) is 33.8 Å². The fourth-order valence-electron chi connectivity index (χ4n) is 5.59. The van der Waals surface area contributed by atoms with Crippen LogP contribution in [0.3, 0.4) is 0 Å². The number of carboxylic acids is 2. The molecular formula is C36H35N8O10S2+. The number of imidazole rings is 1. The number of hydrogen-bond donors (Lipinski definition) is 7. The van der Waals surface area contributed by atoms with Crippen LogP contribution in [0.2, 0.25) is 0 Å². The summed E-state index contributed by atoms with van der Waals surface area (Å²) < 4.78 is 3.47. The third-order valence-electron chi connectivity index (χ3n) is 8.62. The standard InChI is InChI=1S/C36H34N8O10S2/c1-36(2,34(52)53)54-41-26(22-16-56-35(37)39-22)30(48)40-27-31(49)44-28(33(50)51)20(15-55-32(27)44)9-8-18-4-6-19(7-5-18)13-43-14-23(42(3)17-43)29(47)38-21-10-11-24(45)25(46)12-21/h4-12,14,16-17,27,32H,13,15H2,1-3H3,(H7-,37,38,39,40,41,45,46,47,48,50,51,52,53)/p+1/b9-8+/t27-,32-/m1/s1. The van der Waals surface area contributed by atoms with E-state index in [0.717, 1.165) is 27.4 Å². The summed E-state index contributed by atoms with van der Waals surface area (Å²) in [5.74, 6) is -5.06. The zero-order valence-electron chi connectivity index (χ0n) is 29.9. The number of amides is 3. The Morgan fingerprint density at radius 3 is 2.48 bits per heavy atom. The van der Waals surface area contributed by atoms with Crippen molar-refractivity contribution in [2.24, 2.45) is 12.2 Å². The van der Waals surface area contributed by atoms with Crippen LogP contribution in [-0.2, 0) is 37.6 Å². The molecule has 4 heterocycles. The van der Waals surface area contributed by atoms with Crippen molar-refractivity contribution in [1.82, 2.24) is 19.8 Å². The van der Waals surface area contributed by atoms with Gasteiger partial charge >= 0.3 is 11.9 Å². The first-order chi connectivity index (χ1) is 26.5. The highest BCUT2D eigenvalue weighted by atomic mass is 32.2. The molecule has 56 heavy (non-hydrogen) atoms. The SMILES string of the molecule is Cn1c[n+](Cc2ccc(/C=C/C3=C(C(=O)O)N4C(=O)[C@@H](NC(=O)/C(=N\OC(C)(C)C(=O)O)c5csc(N)n5)[C@H]4SC3)cc2)cc1C(=O)Nc1ccc(O)c(O)c1. The molecule has 20 heteroatoms. The van der Waals surface area contributed by atoms with Gasteiger partial charge in [-0.2, -0.15) is 0 Å². The maximum atomic E-state index is 13.4. The molecular weight excluding hydrogens is 769 g/mol. The van der Waals surface area contributed by atoms with E-state index in [4.69, 9.17) is 10.6 Å². The second kappa shape index (κ2) is 15.6. The van der Waals surface area contributed by atoms with E-state index in [1.165, 1.54) is 49.2 Å². The number of nitrogens with zero attached hydrogens (tertiary/aromatic N) is 5. The van der Waals surface area contributed by atoms with Gasteiger partial charge in [-0.1, -0.05) is 41.6 Å². The number of nitrogens with two attached hydrogens (primary N) is 1. The van der Waals surface area contributed by atoms with Gasteiger partial charge in [0.2, 0.25) is 17.6 Å². The number of carboxylic acid groups (broad SMARTS) is 2. The van der Waals surface area contributed by atoms with E-state index < -0.39 is 52.4 Å². The van der Waals surface area contributed by atoms with Crippen molar-refractivity contribution in [3.05, 3.63) is 100 Å². The molecule has 2 atom stereocenters. The highest BCUT2D eigenvalue weighted by Gasteiger charge is 2.54. The molecule has 8 N–H and O–H groups in total. The van der Waals surface area contributed by atoms with Gasteiger partial charge in [0.25, 0.3) is 17.7 Å². The first kappa shape index (κ1) is 39.0. The maximum Gasteiger partial charge on any atom is 0.352 e. The minimum Gasteiger partial charge on any atom is -0.504 e. The summed E-state index contributed by atoms with van der Waals surface area (Å²) in [5.41, 5.74) is 6.04. The van der Waals surface area contributed by atoms with Crippen LogP contribution >= 0.6 is 23.1 Å². The number of aromatic hydroxyl groups is 2. The fourth-order valence-corrected chi connectivity index (χ4v) is 7.46. The Morgan fingerprint density at radius 2 is 1.84 bits per heavy atom. The molecule has 2 aromatic heterocycles. The number of carbonyl (C=O) groups excluding carboxylic acids is 3. The Morgan fingerprint density at radius 1 is 1.11 bits per heavy atom. The molecule has 0 unspecified atom stereocenters. The average molecular weight is 804 g/mol. The Hall–Kier alpha value is -6.67. The van der Waals surface area contributed by atoms with Crippen LogP contribution in [-0.4, -0.2) is 93.0 Å². The molecule has 18 nitrogen and oxygen atoms in total. The largest absolute Gasteiger partial charge is 0.504 e. The molecule has 3 amide bonds. The number of rotatable bonds is 13. The van der Waals surface area contributed by atoms with Gasteiger partial charge in [0.15, 0.2) is 22.3 Å². The number of aromatic nitrogens is 3. The van der Waals surface area contributed by atoms with Crippen LogP contribution < -0.4 is 20.9 Å². The summed E-state index contributed by atoms with van der Waals surface area (Å²) in [6, 6.07) is 10.3. The topological polar surface area (TPSA) is 263 Å². The Labute approximate surface area is 326 Å². The normalized spacial score (nSPS) is 17.0. The molecule has 0 saturated carbocycles.